The molecular weight excluding hydrogens is 277 g/mol. The summed E-state index contributed by atoms with van der Waals surface area (Å²) in [7, 11) is 0. The minimum Gasteiger partial charge on any atom is -0.465 e. The third kappa shape index (κ3) is 3.99. The van der Waals surface area contributed by atoms with Crippen molar-refractivity contribution in [3.8, 4) is 0 Å². The molecule has 0 atom stereocenters. The second kappa shape index (κ2) is 6.75. The normalized spacial score (nSPS) is 10.6. The van der Waals surface area contributed by atoms with Gasteiger partial charge in [0.2, 0.25) is 0 Å². The minimum atomic E-state index is -0.324. The van der Waals surface area contributed by atoms with Crippen LogP contribution < -0.4 is 4.90 Å². The Morgan fingerprint density at radius 2 is 2.11 bits per heavy atom. The van der Waals surface area contributed by atoms with Gasteiger partial charge in [0.05, 0.1) is 12.3 Å². The van der Waals surface area contributed by atoms with Crippen molar-refractivity contribution in [3.63, 3.8) is 0 Å². The average Bonchev–Trinajstić information content (AvgIpc) is 2.29. The predicted molar refractivity (Wildman–Crippen MR) is 71.2 cm³/mol. The highest BCUT2D eigenvalue weighted by Crippen LogP contribution is 2.26. The first-order chi connectivity index (χ1) is 8.45. The number of carbonyl (C=O) groups is 1. The van der Waals surface area contributed by atoms with Crippen molar-refractivity contribution in [2.24, 2.45) is 0 Å². The third-order valence-electron chi connectivity index (χ3n) is 2.24. The van der Waals surface area contributed by atoms with Crippen LogP contribution in [0.3, 0.4) is 0 Å². The lowest BCUT2D eigenvalue weighted by Gasteiger charge is -2.28. The number of carbonyl (C=O) groups excluding carboxylic acids is 1. The largest absolute Gasteiger partial charge is 0.465 e. The molecule has 18 heavy (non-hydrogen) atoms. The highest BCUT2D eigenvalue weighted by atomic mass is 35.5. The van der Waals surface area contributed by atoms with E-state index >= 15 is 0 Å². The molecule has 0 aliphatic carbocycles. The van der Waals surface area contributed by atoms with Crippen LogP contribution in [0, 0.1) is 0 Å². The molecule has 0 aliphatic rings. The van der Waals surface area contributed by atoms with Gasteiger partial charge in [-0.15, -0.1) is 10.2 Å². The van der Waals surface area contributed by atoms with Gasteiger partial charge < -0.3 is 9.64 Å². The van der Waals surface area contributed by atoms with Crippen molar-refractivity contribution in [1.29, 1.82) is 0 Å². The maximum atomic E-state index is 11.6. The maximum absolute atomic E-state index is 11.6. The lowest BCUT2D eigenvalue weighted by Crippen LogP contribution is -2.37. The van der Waals surface area contributed by atoms with Crippen molar-refractivity contribution in [2.75, 3.05) is 18.1 Å². The van der Waals surface area contributed by atoms with Crippen LogP contribution in [0.5, 0.6) is 0 Å². The third-order valence-corrected chi connectivity index (χ3v) is 2.69. The summed E-state index contributed by atoms with van der Waals surface area (Å²) in [5.74, 6) is -0.324. The van der Waals surface area contributed by atoms with Crippen LogP contribution >= 0.6 is 23.2 Å². The second-order valence-electron chi connectivity index (χ2n) is 3.87. The van der Waals surface area contributed by atoms with Crippen LogP contribution in [-0.2, 0) is 9.53 Å². The number of halogens is 2. The predicted octanol–water partition coefficient (Wildman–Crippen LogP) is 2.56. The molecule has 1 heterocycles. The van der Waals surface area contributed by atoms with Crippen molar-refractivity contribution >= 4 is 34.9 Å². The molecule has 0 unspecified atom stereocenters. The van der Waals surface area contributed by atoms with E-state index in [9.17, 15) is 4.79 Å². The van der Waals surface area contributed by atoms with Crippen LogP contribution in [0.15, 0.2) is 6.07 Å². The fourth-order valence-corrected chi connectivity index (χ4v) is 1.78. The Hall–Kier alpha value is -1.07. The standard InChI is InChI=1S/C11H15Cl2N3O2/c1-4-18-10(17)6-16(7(2)3)8-5-9(12)14-15-11(8)13/h5,7H,4,6H2,1-3H3. The van der Waals surface area contributed by atoms with E-state index in [1.807, 2.05) is 13.8 Å². The van der Waals surface area contributed by atoms with Crippen molar-refractivity contribution in [1.82, 2.24) is 10.2 Å². The molecule has 0 fully saturated rings. The van der Waals surface area contributed by atoms with Gasteiger partial charge >= 0.3 is 5.97 Å². The zero-order chi connectivity index (χ0) is 13.7. The van der Waals surface area contributed by atoms with E-state index in [0.717, 1.165) is 0 Å². The molecule has 0 N–H and O–H groups in total. The molecular formula is C11H15Cl2N3O2. The molecule has 100 valence electrons. The molecule has 0 saturated carbocycles. The van der Waals surface area contributed by atoms with Crippen LogP contribution in [0.25, 0.3) is 0 Å². The number of rotatable bonds is 5. The van der Waals surface area contributed by atoms with Crippen molar-refractivity contribution in [2.45, 2.75) is 26.8 Å². The Balaban J connectivity index is 2.97. The van der Waals surface area contributed by atoms with E-state index in [-0.39, 0.29) is 28.9 Å². The first kappa shape index (κ1) is 15.0. The van der Waals surface area contributed by atoms with Crippen LogP contribution in [0.1, 0.15) is 20.8 Å². The Labute approximate surface area is 116 Å². The van der Waals surface area contributed by atoms with Gasteiger partial charge in [-0.3, -0.25) is 4.79 Å². The first-order valence-corrected chi connectivity index (χ1v) is 6.32. The molecule has 7 heteroatoms. The molecule has 1 aromatic heterocycles. The van der Waals surface area contributed by atoms with E-state index in [2.05, 4.69) is 10.2 Å². The molecule has 0 bridgehead atoms. The quantitative estimate of drug-likeness (QED) is 0.781. The fraction of sp³-hybridized carbons (Fsp3) is 0.545. The van der Waals surface area contributed by atoms with Gasteiger partial charge in [-0.2, -0.15) is 0 Å². The Bertz CT molecular complexity index is 427. The van der Waals surface area contributed by atoms with Gasteiger partial charge in [-0.25, -0.2) is 0 Å². The van der Waals surface area contributed by atoms with Gasteiger partial charge in [0.1, 0.15) is 6.54 Å². The smallest absolute Gasteiger partial charge is 0.325 e. The van der Waals surface area contributed by atoms with E-state index in [1.165, 1.54) is 0 Å². The molecule has 1 rings (SSSR count). The topological polar surface area (TPSA) is 55.3 Å². The van der Waals surface area contributed by atoms with E-state index in [0.29, 0.717) is 12.3 Å². The van der Waals surface area contributed by atoms with Crippen LogP contribution in [0.2, 0.25) is 10.3 Å². The summed E-state index contributed by atoms with van der Waals surface area (Å²) >= 11 is 11.8. The zero-order valence-electron chi connectivity index (χ0n) is 10.5. The van der Waals surface area contributed by atoms with E-state index < -0.39 is 0 Å². The summed E-state index contributed by atoms with van der Waals surface area (Å²) in [5.41, 5.74) is 0.569. The number of anilines is 1. The molecule has 0 spiro atoms. The molecule has 0 aromatic carbocycles. The number of nitrogens with zero attached hydrogens (tertiary/aromatic N) is 3. The first-order valence-electron chi connectivity index (χ1n) is 5.56. The number of hydrogen-bond donors (Lipinski definition) is 0. The SMILES string of the molecule is CCOC(=O)CN(c1cc(Cl)nnc1Cl)C(C)C. The monoisotopic (exact) mass is 291 g/mol. The highest BCUT2D eigenvalue weighted by Gasteiger charge is 2.19. The molecule has 5 nitrogen and oxygen atoms in total. The summed E-state index contributed by atoms with van der Waals surface area (Å²) in [5, 5.41) is 7.79. The summed E-state index contributed by atoms with van der Waals surface area (Å²) in [6.07, 6.45) is 0. The summed E-state index contributed by atoms with van der Waals surface area (Å²) < 4.78 is 4.92. The van der Waals surface area contributed by atoms with Gasteiger partial charge in [0.25, 0.3) is 0 Å². The Morgan fingerprint density at radius 1 is 1.44 bits per heavy atom. The lowest BCUT2D eigenvalue weighted by molar-refractivity contribution is -0.141. The maximum Gasteiger partial charge on any atom is 0.325 e. The molecule has 0 amide bonds. The van der Waals surface area contributed by atoms with Crippen molar-refractivity contribution < 1.29 is 9.53 Å². The summed E-state index contributed by atoms with van der Waals surface area (Å²) in [6, 6.07) is 1.63. The summed E-state index contributed by atoms with van der Waals surface area (Å²) in [6.45, 7) is 6.06. The molecule has 0 radical (unpaired) electrons. The number of aromatic nitrogens is 2. The average molecular weight is 292 g/mol. The molecule has 0 saturated heterocycles. The number of ether oxygens (including phenoxy) is 1. The molecule has 0 aliphatic heterocycles. The highest BCUT2D eigenvalue weighted by molar-refractivity contribution is 6.33. The van der Waals surface area contributed by atoms with Gasteiger partial charge in [0.15, 0.2) is 10.3 Å². The van der Waals surface area contributed by atoms with Gasteiger partial charge in [-0.05, 0) is 20.8 Å². The molecule has 1 aromatic rings. The fourth-order valence-electron chi connectivity index (χ4n) is 1.44. The lowest BCUT2D eigenvalue weighted by atomic mass is 10.3. The van der Waals surface area contributed by atoms with E-state index in [1.54, 1.807) is 17.9 Å². The van der Waals surface area contributed by atoms with Gasteiger partial charge in [-0.1, -0.05) is 23.2 Å². The number of esters is 1. The Kier molecular flexibility index (Phi) is 5.62. The Morgan fingerprint density at radius 3 is 2.67 bits per heavy atom. The second-order valence-corrected chi connectivity index (χ2v) is 4.62. The van der Waals surface area contributed by atoms with Crippen molar-refractivity contribution in [3.05, 3.63) is 16.4 Å². The number of hydrogen-bond acceptors (Lipinski definition) is 5. The zero-order valence-corrected chi connectivity index (χ0v) is 12.0. The van der Waals surface area contributed by atoms with Gasteiger partial charge in [0, 0.05) is 12.1 Å². The minimum absolute atomic E-state index is 0.0483. The summed E-state index contributed by atoms with van der Waals surface area (Å²) in [4.78, 5) is 13.3. The van der Waals surface area contributed by atoms with Crippen LogP contribution in [-0.4, -0.2) is 35.4 Å². The van der Waals surface area contributed by atoms with E-state index in [4.69, 9.17) is 27.9 Å². The van der Waals surface area contributed by atoms with Crippen LogP contribution in [0.4, 0.5) is 5.69 Å².